The van der Waals surface area contributed by atoms with Crippen molar-refractivity contribution >= 4 is 48.9 Å². The minimum Gasteiger partial charge on any atom is -0.493 e. The smallest absolute Gasteiger partial charge is 0.250 e. The second-order valence-corrected chi connectivity index (χ2v) is 10.9. The Morgan fingerprint density at radius 1 is 1.03 bits per heavy atom. The molecule has 0 spiro atoms. The molecule has 0 fully saturated rings. The molecular weight excluding hydrogens is 504 g/mol. The summed E-state index contributed by atoms with van der Waals surface area (Å²) in [6, 6.07) is 16.3. The number of benzene rings is 2. The van der Waals surface area contributed by atoms with Gasteiger partial charge >= 0.3 is 0 Å². The Balaban J connectivity index is 1.86. The number of amides is 1. The lowest BCUT2D eigenvalue weighted by atomic mass is 10.1. The normalized spacial score (nSPS) is 12.2. The highest BCUT2D eigenvalue weighted by Crippen LogP contribution is 2.30. The van der Waals surface area contributed by atoms with Crippen molar-refractivity contribution in [3.63, 3.8) is 0 Å². The van der Waals surface area contributed by atoms with Crippen molar-refractivity contribution in [3.05, 3.63) is 70.0 Å². The Labute approximate surface area is 193 Å². The van der Waals surface area contributed by atoms with Crippen LogP contribution >= 0.6 is 27.3 Å². The van der Waals surface area contributed by atoms with Crippen LogP contribution in [-0.4, -0.2) is 34.6 Å². The van der Waals surface area contributed by atoms with Crippen molar-refractivity contribution in [1.29, 1.82) is 0 Å². The lowest BCUT2D eigenvalue weighted by Crippen LogP contribution is -2.45. The first kappa shape index (κ1) is 23.3. The molecule has 2 N–H and O–H groups in total. The van der Waals surface area contributed by atoms with Crippen LogP contribution in [0.4, 0.5) is 5.69 Å². The maximum atomic E-state index is 13.1. The monoisotopic (exact) mass is 524 g/mol. The Hall–Kier alpha value is -2.40. The summed E-state index contributed by atoms with van der Waals surface area (Å²) in [7, 11) is -0.874. The fourth-order valence-corrected chi connectivity index (χ4v) is 6.09. The van der Waals surface area contributed by atoms with E-state index in [1.165, 1.54) is 20.3 Å². The average Bonchev–Trinajstić information content (AvgIpc) is 3.21. The summed E-state index contributed by atoms with van der Waals surface area (Å²) in [4.78, 5) is 13.1. The van der Waals surface area contributed by atoms with Crippen LogP contribution in [0.25, 0.3) is 0 Å². The Morgan fingerprint density at radius 3 is 2.35 bits per heavy atom. The molecule has 0 aliphatic carbocycles. The van der Waals surface area contributed by atoms with Gasteiger partial charge in [-0.1, -0.05) is 30.3 Å². The third-order valence-corrected chi connectivity index (χ3v) is 7.95. The first-order valence-electron chi connectivity index (χ1n) is 9.17. The number of hydrogen-bond donors (Lipinski definition) is 2. The number of hydrogen-bond acceptors (Lipinski definition) is 6. The molecule has 2 aromatic carbocycles. The van der Waals surface area contributed by atoms with Gasteiger partial charge in [0, 0.05) is 11.8 Å². The van der Waals surface area contributed by atoms with Gasteiger partial charge in [0.15, 0.2) is 11.5 Å². The number of methoxy groups -OCH3 is 2. The molecule has 0 unspecified atom stereocenters. The molecule has 1 atom stereocenters. The van der Waals surface area contributed by atoms with E-state index in [-0.39, 0.29) is 10.6 Å². The zero-order valence-electron chi connectivity index (χ0n) is 16.8. The summed E-state index contributed by atoms with van der Waals surface area (Å²) in [5.74, 6) is 0.476. The minimum atomic E-state index is -3.89. The van der Waals surface area contributed by atoms with Crippen LogP contribution in [0.2, 0.25) is 0 Å². The van der Waals surface area contributed by atoms with Crippen LogP contribution in [0.5, 0.6) is 11.5 Å². The van der Waals surface area contributed by atoms with Crippen LogP contribution in [0.3, 0.4) is 0 Å². The zero-order chi connectivity index (χ0) is 22.4. The van der Waals surface area contributed by atoms with E-state index in [4.69, 9.17) is 9.47 Å². The van der Waals surface area contributed by atoms with E-state index >= 15 is 0 Å². The minimum absolute atomic E-state index is 0.122. The van der Waals surface area contributed by atoms with Gasteiger partial charge in [-0.3, -0.25) is 4.79 Å². The summed E-state index contributed by atoms with van der Waals surface area (Å²) in [5, 5.41) is 2.76. The van der Waals surface area contributed by atoms with Crippen LogP contribution in [0.1, 0.15) is 5.56 Å². The molecule has 164 valence electrons. The highest BCUT2D eigenvalue weighted by atomic mass is 79.9. The van der Waals surface area contributed by atoms with Crippen molar-refractivity contribution in [2.75, 3.05) is 19.5 Å². The number of carbonyl (C=O) groups excluding carboxylic acids is 1. The van der Waals surface area contributed by atoms with Gasteiger partial charge in [-0.25, -0.2) is 8.42 Å². The van der Waals surface area contributed by atoms with Crippen LogP contribution in [-0.2, 0) is 21.2 Å². The first-order chi connectivity index (χ1) is 14.8. The molecule has 1 heterocycles. The fourth-order valence-electron chi connectivity index (χ4n) is 2.87. The molecule has 31 heavy (non-hydrogen) atoms. The maximum absolute atomic E-state index is 13.1. The Morgan fingerprint density at radius 2 is 1.74 bits per heavy atom. The van der Waals surface area contributed by atoms with E-state index in [1.54, 1.807) is 24.3 Å². The number of halogens is 1. The maximum Gasteiger partial charge on any atom is 0.250 e. The predicted octanol–water partition coefficient (Wildman–Crippen LogP) is 4.06. The number of carbonyl (C=O) groups is 1. The van der Waals surface area contributed by atoms with E-state index in [0.29, 0.717) is 21.0 Å². The van der Waals surface area contributed by atoms with Gasteiger partial charge in [-0.2, -0.15) is 4.72 Å². The SMILES string of the molecule is COc1ccc(NC(=O)[C@H](Cc2ccccc2)NS(=O)(=O)c2ccc(Br)s2)cc1OC. The molecule has 3 rings (SSSR count). The molecule has 0 aliphatic heterocycles. The number of sulfonamides is 1. The van der Waals surface area contributed by atoms with Gasteiger partial charge in [0.05, 0.1) is 18.0 Å². The number of ether oxygens (including phenoxy) is 2. The third-order valence-electron chi connectivity index (χ3n) is 4.36. The average molecular weight is 525 g/mol. The molecule has 10 heteroatoms. The molecule has 0 radical (unpaired) electrons. The molecule has 0 bridgehead atoms. The van der Waals surface area contributed by atoms with Crippen LogP contribution < -0.4 is 19.5 Å². The molecule has 0 saturated heterocycles. The van der Waals surface area contributed by atoms with E-state index < -0.39 is 22.0 Å². The summed E-state index contributed by atoms with van der Waals surface area (Å²) in [6.07, 6.45) is 0.186. The highest BCUT2D eigenvalue weighted by Gasteiger charge is 2.27. The second kappa shape index (κ2) is 10.3. The van der Waals surface area contributed by atoms with Gasteiger partial charge in [0.25, 0.3) is 10.0 Å². The van der Waals surface area contributed by atoms with E-state index in [9.17, 15) is 13.2 Å². The van der Waals surface area contributed by atoms with E-state index in [1.807, 2.05) is 30.3 Å². The van der Waals surface area contributed by atoms with E-state index in [0.717, 1.165) is 16.9 Å². The quantitative estimate of drug-likeness (QED) is 0.440. The van der Waals surface area contributed by atoms with Crippen molar-refractivity contribution in [2.24, 2.45) is 0 Å². The Bertz CT molecular complexity index is 1150. The van der Waals surface area contributed by atoms with Crippen molar-refractivity contribution in [3.8, 4) is 11.5 Å². The molecule has 0 saturated carbocycles. The first-order valence-corrected chi connectivity index (χ1v) is 12.3. The number of nitrogens with one attached hydrogen (secondary N) is 2. The van der Waals surface area contributed by atoms with E-state index in [2.05, 4.69) is 26.0 Å². The van der Waals surface area contributed by atoms with Gasteiger partial charge in [-0.05, 0) is 52.2 Å². The van der Waals surface area contributed by atoms with Crippen molar-refractivity contribution in [1.82, 2.24) is 4.72 Å². The van der Waals surface area contributed by atoms with Gasteiger partial charge in [0.1, 0.15) is 10.3 Å². The summed E-state index contributed by atoms with van der Waals surface area (Å²) in [6.45, 7) is 0. The molecular formula is C21H21BrN2O5S2. The number of rotatable bonds is 9. The fraction of sp³-hybridized carbons (Fsp3) is 0.190. The lowest BCUT2D eigenvalue weighted by molar-refractivity contribution is -0.117. The Kier molecular flexibility index (Phi) is 7.71. The van der Waals surface area contributed by atoms with Crippen LogP contribution in [0.15, 0.2) is 68.7 Å². The van der Waals surface area contributed by atoms with Gasteiger partial charge < -0.3 is 14.8 Å². The lowest BCUT2D eigenvalue weighted by Gasteiger charge is -2.19. The third kappa shape index (κ3) is 6.07. The van der Waals surface area contributed by atoms with Crippen LogP contribution in [0, 0.1) is 0 Å². The summed E-state index contributed by atoms with van der Waals surface area (Å²) < 4.78 is 39.5. The number of thiophene rings is 1. The topological polar surface area (TPSA) is 93.7 Å². The second-order valence-electron chi connectivity index (χ2n) is 6.48. The van der Waals surface area contributed by atoms with Gasteiger partial charge in [-0.15, -0.1) is 11.3 Å². The zero-order valence-corrected chi connectivity index (χ0v) is 20.0. The summed E-state index contributed by atoms with van der Waals surface area (Å²) >= 11 is 4.34. The molecule has 7 nitrogen and oxygen atoms in total. The molecule has 3 aromatic rings. The largest absolute Gasteiger partial charge is 0.493 e. The summed E-state index contributed by atoms with van der Waals surface area (Å²) in [5.41, 5.74) is 1.28. The molecule has 1 amide bonds. The number of anilines is 1. The molecule has 0 aliphatic rings. The standard InChI is InChI=1S/C21H21BrN2O5S2/c1-28-17-9-8-15(13-18(17)29-2)23-21(25)16(12-14-6-4-3-5-7-14)24-31(26,27)20-11-10-19(22)30-20/h3-11,13,16,24H,12H2,1-2H3,(H,23,25)/t16-/m0/s1. The van der Waals surface area contributed by atoms with Crippen molar-refractivity contribution < 1.29 is 22.7 Å². The van der Waals surface area contributed by atoms with Crippen molar-refractivity contribution in [2.45, 2.75) is 16.7 Å². The molecule has 1 aromatic heterocycles. The highest BCUT2D eigenvalue weighted by molar-refractivity contribution is 9.11. The van der Waals surface area contributed by atoms with Gasteiger partial charge in [0.2, 0.25) is 5.91 Å². The predicted molar refractivity (Wildman–Crippen MR) is 124 cm³/mol.